The lowest BCUT2D eigenvalue weighted by atomic mass is 10.1. The van der Waals surface area contributed by atoms with Gasteiger partial charge >= 0.3 is 0 Å². The Hall–Kier alpha value is -2.61. The SMILES string of the molecule is COc1nc(C)cc(=O)n1Cc1ccccc1C#N. The van der Waals surface area contributed by atoms with Gasteiger partial charge in [0.25, 0.3) is 11.6 Å². The number of nitriles is 1. The molecule has 1 aromatic heterocycles. The second-order valence-corrected chi connectivity index (χ2v) is 4.08. The van der Waals surface area contributed by atoms with Gasteiger partial charge in [-0.15, -0.1) is 0 Å². The summed E-state index contributed by atoms with van der Waals surface area (Å²) in [5, 5.41) is 9.05. The molecule has 19 heavy (non-hydrogen) atoms. The Morgan fingerprint density at radius 1 is 1.42 bits per heavy atom. The summed E-state index contributed by atoms with van der Waals surface area (Å²) in [6.07, 6.45) is 0. The molecule has 0 aliphatic carbocycles. The highest BCUT2D eigenvalue weighted by molar-refractivity contribution is 5.37. The van der Waals surface area contributed by atoms with Gasteiger partial charge in [-0.25, -0.2) is 4.98 Å². The van der Waals surface area contributed by atoms with Crippen LogP contribution >= 0.6 is 0 Å². The summed E-state index contributed by atoms with van der Waals surface area (Å²) in [4.78, 5) is 16.1. The number of hydrogen-bond acceptors (Lipinski definition) is 4. The third-order valence-corrected chi connectivity index (χ3v) is 2.75. The second-order valence-electron chi connectivity index (χ2n) is 4.08. The fraction of sp³-hybridized carbons (Fsp3) is 0.214. The molecule has 2 rings (SSSR count). The van der Waals surface area contributed by atoms with Gasteiger partial charge in [0.15, 0.2) is 0 Å². The minimum Gasteiger partial charge on any atom is -0.468 e. The van der Waals surface area contributed by atoms with Crippen LogP contribution < -0.4 is 10.3 Å². The van der Waals surface area contributed by atoms with Crippen molar-refractivity contribution in [3.05, 3.63) is 57.5 Å². The van der Waals surface area contributed by atoms with Crippen molar-refractivity contribution in [3.8, 4) is 12.1 Å². The molecule has 2 aromatic rings. The van der Waals surface area contributed by atoms with Crippen LogP contribution in [0.15, 0.2) is 35.1 Å². The molecule has 0 amide bonds. The van der Waals surface area contributed by atoms with E-state index in [1.807, 2.05) is 12.1 Å². The molecule has 96 valence electrons. The fourth-order valence-electron chi connectivity index (χ4n) is 1.83. The predicted molar refractivity (Wildman–Crippen MR) is 70.0 cm³/mol. The lowest BCUT2D eigenvalue weighted by Gasteiger charge is -2.11. The third-order valence-electron chi connectivity index (χ3n) is 2.75. The first-order chi connectivity index (χ1) is 9.15. The van der Waals surface area contributed by atoms with E-state index in [1.54, 1.807) is 19.1 Å². The molecule has 0 atom stereocenters. The molecular formula is C14H13N3O2. The van der Waals surface area contributed by atoms with E-state index >= 15 is 0 Å². The number of rotatable bonds is 3. The minimum atomic E-state index is -0.197. The highest BCUT2D eigenvalue weighted by Crippen LogP contribution is 2.12. The molecule has 0 bridgehead atoms. The number of aromatic nitrogens is 2. The fourth-order valence-corrected chi connectivity index (χ4v) is 1.83. The third kappa shape index (κ3) is 2.63. The van der Waals surface area contributed by atoms with Crippen LogP contribution in [0.1, 0.15) is 16.8 Å². The summed E-state index contributed by atoms with van der Waals surface area (Å²) in [6.45, 7) is 2.00. The molecule has 1 aromatic carbocycles. The van der Waals surface area contributed by atoms with Crippen LogP contribution in [0.2, 0.25) is 0 Å². The Morgan fingerprint density at radius 2 is 2.16 bits per heavy atom. The second kappa shape index (κ2) is 5.36. The van der Waals surface area contributed by atoms with Crippen LogP contribution in [0.3, 0.4) is 0 Å². The van der Waals surface area contributed by atoms with Crippen molar-refractivity contribution >= 4 is 0 Å². The van der Waals surface area contributed by atoms with Gasteiger partial charge in [0.05, 0.1) is 25.3 Å². The number of methoxy groups -OCH3 is 1. The average Bonchev–Trinajstić information content (AvgIpc) is 2.42. The van der Waals surface area contributed by atoms with Crippen molar-refractivity contribution in [1.29, 1.82) is 5.26 Å². The maximum Gasteiger partial charge on any atom is 0.299 e. The van der Waals surface area contributed by atoms with Crippen LogP contribution in [0.25, 0.3) is 0 Å². The van der Waals surface area contributed by atoms with Crippen molar-refractivity contribution in [2.24, 2.45) is 0 Å². The first-order valence-electron chi connectivity index (χ1n) is 5.76. The maximum atomic E-state index is 12.0. The van der Waals surface area contributed by atoms with E-state index in [9.17, 15) is 4.79 Å². The van der Waals surface area contributed by atoms with Gasteiger partial charge < -0.3 is 4.74 Å². The zero-order chi connectivity index (χ0) is 13.8. The molecule has 0 spiro atoms. The first-order valence-corrected chi connectivity index (χ1v) is 5.76. The van der Waals surface area contributed by atoms with Gasteiger partial charge in [0.2, 0.25) is 0 Å². The molecule has 0 N–H and O–H groups in total. The highest BCUT2D eigenvalue weighted by Gasteiger charge is 2.10. The van der Waals surface area contributed by atoms with Gasteiger partial charge in [-0.3, -0.25) is 9.36 Å². The van der Waals surface area contributed by atoms with Gasteiger partial charge in [-0.1, -0.05) is 18.2 Å². The summed E-state index contributed by atoms with van der Waals surface area (Å²) in [6, 6.07) is 10.9. The van der Waals surface area contributed by atoms with E-state index < -0.39 is 0 Å². The molecule has 0 aliphatic heterocycles. The van der Waals surface area contributed by atoms with Crippen LogP contribution in [0.4, 0.5) is 0 Å². The maximum absolute atomic E-state index is 12.0. The zero-order valence-electron chi connectivity index (χ0n) is 10.8. The largest absolute Gasteiger partial charge is 0.468 e. The molecule has 1 heterocycles. The topological polar surface area (TPSA) is 67.9 Å². The predicted octanol–water partition coefficient (Wildman–Crippen LogP) is 1.48. The molecule has 5 nitrogen and oxygen atoms in total. The summed E-state index contributed by atoms with van der Waals surface area (Å²) < 4.78 is 6.53. The summed E-state index contributed by atoms with van der Waals surface area (Å²) >= 11 is 0. The number of benzene rings is 1. The van der Waals surface area contributed by atoms with E-state index in [2.05, 4.69) is 11.1 Å². The lowest BCUT2D eigenvalue weighted by molar-refractivity contribution is 0.350. The average molecular weight is 255 g/mol. The van der Waals surface area contributed by atoms with Crippen molar-refractivity contribution < 1.29 is 4.74 Å². The van der Waals surface area contributed by atoms with Crippen LogP contribution in [0.5, 0.6) is 6.01 Å². The molecular weight excluding hydrogens is 242 g/mol. The minimum absolute atomic E-state index is 0.197. The number of aryl methyl sites for hydroxylation is 1. The van der Waals surface area contributed by atoms with E-state index in [4.69, 9.17) is 10.00 Å². The number of hydrogen-bond donors (Lipinski definition) is 0. The standard InChI is InChI=1S/C14H13N3O2/c1-10-7-13(18)17(14(16-10)19-2)9-12-6-4-3-5-11(12)8-15/h3-7H,9H2,1-2H3. The number of ether oxygens (including phenoxy) is 1. The normalized spacial score (nSPS) is 9.95. The Kier molecular flexibility index (Phi) is 3.62. The van der Waals surface area contributed by atoms with Crippen molar-refractivity contribution in [3.63, 3.8) is 0 Å². The van der Waals surface area contributed by atoms with E-state index in [0.717, 1.165) is 5.56 Å². The Labute approximate surface area is 110 Å². The van der Waals surface area contributed by atoms with Crippen LogP contribution in [-0.2, 0) is 6.54 Å². The summed E-state index contributed by atoms with van der Waals surface area (Å²) in [5.41, 5.74) is 1.71. The quantitative estimate of drug-likeness (QED) is 0.833. The Balaban J connectivity index is 2.50. The smallest absolute Gasteiger partial charge is 0.299 e. The molecule has 0 aliphatic rings. The summed E-state index contributed by atoms with van der Waals surface area (Å²) in [7, 11) is 1.47. The van der Waals surface area contributed by atoms with E-state index in [1.165, 1.54) is 17.7 Å². The van der Waals surface area contributed by atoms with Crippen molar-refractivity contribution in [2.75, 3.05) is 7.11 Å². The molecule has 5 heteroatoms. The van der Waals surface area contributed by atoms with Crippen molar-refractivity contribution in [2.45, 2.75) is 13.5 Å². The molecule has 0 unspecified atom stereocenters. The monoisotopic (exact) mass is 255 g/mol. The Morgan fingerprint density at radius 3 is 2.84 bits per heavy atom. The molecule has 0 saturated heterocycles. The number of nitrogens with zero attached hydrogens (tertiary/aromatic N) is 3. The molecule has 0 fully saturated rings. The Bertz CT molecular complexity index is 699. The van der Waals surface area contributed by atoms with Gasteiger partial charge in [-0.2, -0.15) is 5.26 Å². The first kappa shape index (κ1) is 12.8. The molecule has 0 saturated carbocycles. The molecule has 0 radical (unpaired) electrons. The van der Waals surface area contributed by atoms with Gasteiger partial charge in [-0.05, 0) is 18.6 Å². The van der Waals surface area contributed by atoms with E-state index in [-0.39, 0.29) is 18.1 Å². The highest BCUT2D eigenvalue weighted by atomic mass is 16.5. The van der Waals surface area contributed by atoms with Crippen molar-refractivity contribution in [1.82, 2.24) is 9.55 Å². The zero-order valence-corrected chi connectivity index (χ0v) is 10.8. The van der Waals surface area contributed by atoms with Gasteiger partial charge in [0.1, 0.15) is 0 Å². The van der Waals surface area contributed by atoms with Crippen LogP contribution in [-0.4, -0.2) is 16.7 Å². The van der Waals surface area contributed by atoms with Gasteiger partial charge in [0, 0.05) is 11.8 Å². The van der Waals surface area contributed by atoms with E-state index in [0.29, 0.717) is 11.3 Å². The lowest BCUT2D eigenvalue weighted by Crippen LogP contribution is -2.23. The van der Waals surface area contributed by atoms with Crippen LogP contribution in [0, 0.1) is 18.3 Å². The summed E-state index contributed by atoms with van der Waals surface area (Å²) in [5.74, 6) is 0.